The summed E-state index contributed by atoms with van der Waals surface area (Å²) in [6.45, 7) is 3.04. The van der Waals surface area contributed by atoms with E-state index >= 15 is 0 Å². The van der Waals surface area contributed by atoms with Crippen LogP contribution in [0.1, 0.15) is 32.6 Å². The zero-order valence-electron chi connectivity index (χ0n) is 11.4. The Kier molecular flexibility index (Phi) is 4.30. The molecule has 2 rings (SSSR count). The van der Waals surface area contributed by atoms with E-state index in [1.165, 1.54) is 0 Å². The summed E-state index contributed by atoms with van der Waals surface area (Å²) in [5, 5.41) is 2.95. The van der Waals surface area contributed by atoms with Crippen molar-refractivity contribution in [1.29, 1.82) is 0 Å². The third-order valence-corrected chi connectivity index (χ3v) is 3.77. The van der Waals surface area contributed by atoms with Crippen LogP contribution in [0.5, 0.6) is 5.75 Å². The fraction of sp³-hybridized carbons (Fsp3) is 0.533. The van der Waals surface area contributed by atoms with Gasteiger partial charge in [0.1, 0.15) is 12.4 Å². The molecular weight excluding hydrogens is 240 g/mol. The summed E-state index contributed by atoms with van der Waals surface area (Å²) in [5.74, 6) is 0.891. The summed E-state index contributed by atoms with van der Waals surface area (Å²) in [4.78, 5) is 12.0. The lowest BCUT2D eigenvalue weighted by molar-refractivity contribution is -0.130. The fourth-order valence-electron chi connectivity index (χ4n) is 2.53. The number of hydrogen-bond acceptors (Lipinski definition) is 3. The largest absolute Gasteiger partial charge is 0.492 e. The van der Waals surface area contributed by atoms with Gasteiger partial charge in [0.25, 0.3) is 0 Å². The van der Waals surface area contributed by atoms with Gasteiger partial charge in [-0.05, 0) is 25.0 Å². The second-order valence-corrected chi connectivity index (χ2v) is 5.44. The smallest absolute Gasteiger partial charge is 0.226 e. The van der Waals surface area contributed by atoms with Gasteiger partial charge in [-0.3, -0.25) is 4.79 Å². The van der Waals surface area contributed by atoms with Crippen molar-refractivity contribution in [2.75, 3.05) is 18.9 Å². The standard InChI is InChI=1S/C15H22N2O2/c1-15(7-2-3-8-15)14(18)17-9-10-19-13-6-4-5-12(16)11-13/h4-6,11H,2-3,7-10,16H2,1H3,(H,17,18). The van der Waals surface area contributed by atoms with Gasteiger partial charge >= 0.3 is 0 Å². The Hall–Kier alpha value is -1.71. The van der Waals surface area contributed by atoms with Gasteiger partial charge in [-0.1, -0.05) is 25.8 Å². The molecule has 0 heterocycles. The maximum absolute atomic E-state index is 12.0. The average Bonchev–Trinajstić information content (AvgIpc) is 2.83. The van der Waals surface area contributed by atoms with Gasteiger partial charge in [0.2, 0.25) is 5.91 Å². The predicted octanol–water partition coefficient (Wildman–Crippen LogP) is 2.34. The first-order chi connectivity index (χ1) is 9.10. The Bertz CT molecular complexity index is 440. The van der Waals surface area contributed by atoms with Crippen molar-refractivity contribution in [2.45, 2.75) is 32.6 Å². The summed E-state index contributed by atoms with van der Waals surface area (Å²) >= 11 is 0. The highest BCUT2D eigenvalue weighted by Crippen LogP contribution is 2.37. The highest BCUT2D eigenvalue weighted by molar-refractivity contribution is 5.82. The molecule has 1 aromatic carbocycles. The third kappa shape index (κ3) is 3.63. The first kappa shape index (κ1) is 13.7. The number of ether oxygens (including phenoxy) is 1. The number of benzene rings is 1. The lowest BCUT2D eigenvalue weighted by atomic mass is 9.88. The van der Waals surface area contributed by atoms with Gasteiger partial charge in [0.05, 0.1) is 6.54 Å². The van der Waals surface area contributed by atoms with Crippen molar-refractivity contribution in [2.24, 2.45) is 5.41 Å². The predicted molar refractivity (Wildman–Crippen MR) is 75.9 cm³/mol. The number of nitrogen functional groups attached to an aromatic ring is 1. The molecule has 0 unspecified atom stereocenters. The molecule has 1 amide bonds. The number of nitrogens with one attached hydrogen (secondary N) is 1. The molecular formula is C15H22N2O2. The van der Waals surface area contributed by atoms with Gasteiger partial charge in [-0.15, -0.1) is 0 Å². The van der Waals surface area contributed by atoms with Crippen LogP contribution in [0.3, 0.4) is 0 Å². The minimum Gasteiger partial charge on any atom is -0.492 e. The molecule has 1 aliphatic carbocycles. The normalized spacial score (nSPS) is 17.1. The molecule has 1 fully saturated rings. The summed E-state index contributed by atoms with van der Waals surface area (Å²) < 4.78 is 5.54. The van der Waals surface area contributed by atoms with Crippen LogP contribution in [-0.4, -0.2) is 19.1 Å². The van der Waals surface area contributed by atoms with Crippen LogP contribution in [0.25, 0.3) is 0 Å². The van der Waals surface area contributed by atoms with Crippen molar-refractivity contribution in [3.8, 4) is 5.75 Å². The summed E-state index contributed by atoms with van der Waals surface area (Å²) in [5.41, 5.74) is 6.17. The van der Waals surface area contributed by atoms with Gasteiger partial charge in [0.15, 0.2) is 0 Å². The van der Waals surface area contributed by atoms with Crippen molar-refractivity contribution >= 4 is 11.6 Å². The van der Waals surface area contributed by atoms with Crippen LogP contribution in [0.2, 0.25) is 0 Å². The van der Waals surface area contributed by atoms with Gasteiger partial charge in [-0.25, -0.2) is 0 Å². The molecule has 3 N–H and O–H groups in total. The fourth-order valence-corrected chi connectivity index (χ4v) is 2.53. The van der Waals surface area contributed by atoms with Crippen molar-refractivity contribution in [3.63, 3.8) is 0 Å². The van der Waals surface area contributed by atoms with E-state index in [0.717, 1.165) is 31.4 Å². The Morgan fingerprint density at radius 3 is 2.84 bits per heavy atom. The Balaban J connectivity index is 1.71. The zero-order valence-corrected chi connectivity index (χ0v) is 11.4. The van der Waals surface area contributed by atoms with Crippen molar-refractivity contribution in [1.82, 2.24) is 5.32 Å². The molecule has 0 atom stereocenters. The molecule has 0 aromatic heterocycles. The van der Waals surface area contributed by atoms with Gasteiger partial charge in [-0.2, -0.15) is 0 Å². The van der Waals surface area contributed by atoms with E-state index < -0.39 is 0 Å². The molecule has 1 aliphatic rings. The number of carbonyl (C=O) groups excluding carboxylic acids is 1. The highest BCUT2D eigenvalue weighted by atomic mass is 16.5. The van der Waals surface area contributed by atoms with E-state index in [1.807, 2.05) is 25.1 Å². The molecule has 0 bridgehead atoms. The summed E-state index contributed by atoms with van der Waals surface area (Å²) in [6.07, 6.45) is 4.30. The second-order valence-electron chi connectivity index (χ2n) is 5.44. The lowest BCUT2D eigenvalue weighted by Crippen LogP contribution is -2.39. The molecule has 104 valence electrons. The monoisotopic (exact) mass is 262 g/mol. The Morgan fingerprint density at radius 1 is 1.42 bits per heavy atom. The molecule has 0 aliphatic heterocycles. The van der Waals surface area contributed by atoms with Crippen molar-refractivity contribution in [3.05, 3.63) is 24.3 Å². The van der Waals surface area contributed by atoms with Crippen LogP contribution in [0, 0.1) is 5.41 Å². The van der Waals surface area contributed by atoms with Crippen LogP contribution in [-0.2, 0) is 4.79 Å². The maximum Gasteiger partial charge on any atom is 0.226 e. The molecule has 1 aromatic rings. The molecule has 0 radical (unpaired) electrons. The van der Waals surface area contributed by atoms with Crippen LogP contribution in [0.4, 0.5) is 5.69 Å². The number of rotatable bonds is 5. The minimum absolute atomic E-state index is 0.154. The Labute approximate surface area is 114 Å². The van der Waals surface area contributed by atoms with Crippen LogP contribution in [0.15, 0.2) is 24.3 Å². The minimum atomic E-state index is -0.169. The lowest BCUT2D eigenvalue weighted by Gasteiger charge is -2.22. The molecule has 0 spiro atoms. The maximum atomic E-state index is 12.0. The number of amides is 1. The van der Waals surface area contributed by atoms with E-state index in [1.54, 1.807) is 6.07 Å². The third-order valence-electron chi connectivity index (χ3n) is 3.77. The topological polar surface area (TPSA) is 64.3 Å². The number of carbonyl (C=O) groups is 1. The zero-order chi connectivity index (χ0) is 13.7. The quantitative estimate of drug-likeness (QED) is 0.632. The van der Waals surface area contributed by atoms with Crippen molar-refractivity contribution < 1.29 is 9.53 Å². The SMILES string of the molecule is CC1(C(=O)NCCOc2cccc(N)c2)CCCC1. The number of anilines is 1. The molecule has 1 saturated carbocycles. The first-order valence-corrected chi connectivity index (χ1v) is 6.87. The van der Waals surface area contributed by atoms with Crippen LogP contribution >= 0.6 is 0 Å². The van der Waals surface area contributed by atoms with E-state index in [0.29, 0.717) is 18.8 Å². The van der Waals surface area contributed by atoms with E-state index in [9.17, 15) is 4.79 Å². The van der Waals surface area contributed by atoms with E-state index in [-0.39, 0.29) is 11.3 Å². The molecule has 4 heteroatoms. The van der Waals surface area contributed by atoms with Gasteiger partial charge in [0, 0.05) is 17.2 Å². The summed E-state index contributed by atoms with van der Waals surface area (Å²) in [7, 11) is 0. The Morgan fingerprint density at radius 2 is 2.16 bits per heavy atom. The first-order valence-electron chi connectivity index (χ1n) is 6.87. The molecule has 19 heavy (non-hydrogen) atoms. The second kappa shape index (κ2) is 5.95. The van der Waals surface area contributed by atoms with Crippen LogP contribution < -0.4 is 15.8 Å². The average molecular weight is 262 g/mol. The number of hydrogen-bond donors (Lipinski definition) is 2. The summed E-state index contributed by atoms with van der Waals surface area (Å²) in [6, 6.07) is 7.30. The van der Waals surface area contributed by atoms with E-state index in [4.69, 9.17) is 10.5 Å². The highest BCUT2D eigenvalue weighted by Gasteiger charge is 2.35. The van der Waals surface area contributed by atoms with Gasteiger partial charge < -0.3 is 15.8 Å². The van der Waals surface area contributed by atoms with E-state index in [2.05, 4.69) is 5.32 Å². The molecule has 4 nitrogen and oxygen atoms in total. The number of nitrogens with two attached hydrogens (primary N) is 1. The molecule has 0 saturated heterocycles.